The zero-order chi connectivity index (χ0) is 17.1. The van der Waals surface area contributed by atoms with Gasteiger partial charge < -0.3 is 4.74 Å². The van der Waals surface area contributed by atoms with Crippen LogP contribution in [0.3, 0.4) is 0 Å². The van der Waals surface area contributed by atoms with Crippen LogP contribution in [-0.2, 0) is 14.3 Å². The van der Waals surface area contributed by atoms with Gasteiger partial charge in [-0.15, -0.1) is 0 Å². The van der Waals surface area contributed by atoms with Gasteiger partial charge in [0.2, 0.25) is 0 Å². The normalized spacial score (nSPS) is 47.3. The van der Waals surface area contributed by atoms with Gasteiger partial charge in [-0.2, -0.15) is 0 Å². The lowest BCUT2D eigenvalue weighted by molar-refractivity contribution is -0.157. The first-order valence-corrected chi connectivity index (χ1v) is 9.77. The van der Waals surface area contributed by atoms with Gasteiger partial charge >= 0.3 is 5.97 Å². The summed E-state index contributed by atoms with van der Waals surface area (Å²) < 4.78 is 5.70. The van der Waals surface area contributed by atoms with Crippen molar-refractivity contribution in [2.24, 2.45) is 28.6 Å². The Labute approximate surface area is 145 Å². The maximum Gasteiger partial charge on any atom is 0.302 e. The van der Waals surface area contributed by atoms with Crippen LogP contribution in [0.1, 0.15) is 72.1 Å². The maximum absolute atomic E-state index is 12.4. The number of ketones is 1. The predicted molar refractivity (Wildman–Crippen MR) is 92.3 cm³/mol. The molecule has 6 atom stereocenters. The van der Waals surface area contributed by atoms with Crippen LogP contribution < -0.4 is 0 Å². The summed E-state index contributed by atoms with van der Waals surface area (Å²) in [5.41, 5.74) is 1.37. The van der Waals surface area contributed by atoms with Crippen LogP contribution in [0.25, 0.3) is 0 Å². The molecule has 0 aromatic heterocycles. The molecule has 3 saturated carbocycles. The van der Waals surface area contributed by atoms with Crippen LogP contribution in [0.15, 0.2) is 11.6 Å². The third kappa shape index (κ3) is 2.16. The van der Waals surface area contributed by atoms with Gasteiger partial charge in [-0.05, 0) is 73.7 Å². The minimum Gasteiger partial charge on any atom is -0.462 e. The summed E-state index contributed by atoms with van der Waals surface area (Å²) in [6.07, 6.45) is 10.9. The Balaban J connectivity index is 1.65. The van der Waals surface area contributed by atoms with Crippen molar-refractivity contribution < 1.29 is 14.3 Å². The molecule has 0 aliphatic heterocycles. The Kier molecular flexibility index (Phi) is 3.71. The molecule has 4 aliphatic rings. The largest absolute Gasteiger partial charge is 0.462 e. The number of hydrogen-bond acceptors (Lipinski definition) is 3. The lowest BCUT2D eigenvalue weighted by atomic mass is 9.48. The minimum atomic E-state index is -0.139. The topological polar surface area (TPSA) is 43.4 Å². The molecule has 0 bridgehead atoms. The Morgan fingerprint density at radius 3 is 2.71 bits per heavy atom. The molecule has 4 aliphatic carbocycles. The van der Waals surface area contributed by atoms with Crippen molar-refractivity contribution >= 4 is 11.8 Å². The summed E-state index contributed by atoms with van der Waals surface area (Å²) in [6, 6.07) is 0. The van der Waals surface area contributed by atoms with Gasteiger partial charge in [0.15, 0.2) is 5.78 Å². The highest BCUT2D eigenvalue weighted by molar-refractivity contribution is 5.97. The van der Waals surface area contributed by atoms with Crippen molar-refractivity contribution in [3.05, 3.63) is 11.6 Å². The van der Waals surface area contributed by atoms with E-state index < -0.39 is 0 Å². The van der Waals surface area contributed by atoms with Crippen molar-refractivity contribution in [3.8, 4) is 0 Å². The molecule has 0 N–H and O–H groups in total. The van der Waals surface area contributed by atoms with E-state index in [1.54, 1.807) is 0 Å². The molecule has 3 nitrogen and oxygen atoms in total. The highest BCUT2D eigenvalue weighted by atomic mass is 16.5. The van der Waals surface area contributed by atoms with Crippen molar-refractivity contribution in [1.82, 2.24) is 0 Å². The first-order chi connectivity index (χ1) is 11.4. The molecule has 0 aromatic rings. The maximum atomic E-state index is 12.4. The van der Waals surface area contributed by atoms with Gasteiger partial charge in [0.25, 0.3) is 0 Å². The van der Waals surface area contributed by atoms with Gasteiger partial charge in [0.1, 0.15) is 6.10 Å². The quantitative estimate of drug-likeness (QED) is 0.667. The highest BCUT2D eigenvalue weighted by Crippen LogP contribution is 2.64. The van der Waals surface area contributed by atoms with Crippen molar-refractivity contribution in [2.75, 3.05) is 0 Å². The number of esters is 1. The number of Topliss-reactive ketones (excluding diaryl/α,β-unsaturated/α-hetero) is 1. The molecule has 0 heterocycles. The van der Waals surface area contributed by atoms with Gasteiger partial charge in [-0.1, -0.05) is 19.9 Å². The van der Waals surface area contributed by atoms with E-state index in [0.717, 1.165) is 37.7 Å². The van der Waals surface area contributed by atoms with Crippen LogP contribution in [0.5, 0.6) is 0 Å². The van der Waals surface area contributed by atoms with Crippen LogP contribution in [0.2, 0.25) is 0 Å². The average molecular weight is 330 g/mol. The number of rotatable bonds is 1. The molecule has 3 heteroatoms. The third-order valence-corrected chi connectivity index (χ3v) is 8.09. The van der Waals surface area contributed by atoms with E-state index in [9.17, 15) is 9.59 Å². The van der Waals surface area contributed by atoms with Crippen molar-refractivity contribution in [1.29, 1.82) is 0 Å². The van der Waals surface area contributed by atoms with E-state index in [0.29, 0.717) is 23.5 Å². The fourth-order valence-corrected chi connectivity index (χ4v) is 6.94. The van der Waals surface area contributed by atoms with Gasteiger partial charge in [-0.25, -0.2) is 0 Å². The fraction of sp³-hybridized carbons (Fsp3) is 0.810. The van der Waals surface area contributed by atoms with Crippen LogP contribution in [0, 0.1) is 28.6 Å². The van der Waals surface area contributed by atoms with E-state index in [-0.39, 0.29) is 22.9 Å². The number of carbonyl (C=O) groups is 2. The summed E-state index contributed by atoms with van der Waals surface area (Å²) in [7, 11) is 0. The summed E-state index contributed by atoms with van der Waals surface area (Å²) >= 11 is 0. The van der Waals surface area contributed by atoms with Crippen molar-refractivity contribution in [2.45, 2.75) is 78.2 Å². The Morgan fingerprint density at radius 1 is 1.17 bits per heavy atom. The van der Waals surface area contributed by atoms with E-state index in [4.69, 9.17) is 4.74 Å². The molecular formula is C21H30O3. The first kappa shape index (κ1) is 16.4. The zero-order valence-electron chi connectivity index (χ0n) is 15.3. The summed E-state index contributed by atoms with van der Waals surface area (Å²) in [5, 5.41) is 0. The van der Waals surface area contributed by atoms with Crippen LogP contribution in [0.4, 0.5) is 0 Å². The average Bonchev–Trinajstić information content (AvgIpc) is 2.83. The summed E-state index contributed by atoms with van der Waals surface area (Å²) in [6.45, 7) is 6.24. The summed E-state index contributed by atoms with van der Waals surface area (Å²) in [4.78, 5) is 24.0. The van der Waals surface area contributed by atoms with E-state index in [1.807, 2.05) is 0 Å². The standard InChI is InChI=1S/C21H30O3/c1-13(22)24-19-9-8-15-14-6-7-17-18(23)5-4-11-20(17,2)16(14)10-12-21(15,19)3/h7,14-16,19H,4-6,8-12H2,1-3H3. The smallest absolute Gasteiger partial charge is 0.302 e. The zero-order valence-corrected chi connectivity index (χ0v) is 15.3. The number of carbonyl (C=O) groups excluding carboxylic acids is 2. The fourth-order valence-electron chi connectivity index (χ4n) is 6.94. The molecule has 0 saturated heterocycles. The summed E-state index contributed by atoms with van der Waals surface area (Å²) in [5.74, 6) is 2.19. The van der Waals surface area contributed by atoms with Crippen LogP contribution in [-0.4, -0.2) is 17.9 Å². The monoisotopic (exact) mass is 330 g/mol. The number of ether oxygens (including phenoxy) is 1. The Hall–Kier alpha value is -1.12. The molecule has 4 rings (SSSR count). The Morgan fingerprint density at radius 2 is 1.96 bits per heavy atom. The van der Waals surface area contributed by atoms with Gasteiger partial charge in [0, 0.05) is 18.8 Å². The SMILES string of the molecule is CC(=O)OC1CCC2C3CC=C4C(=O)CCCC4(C)C3CCC12C. The van der Waals surface area contributed by atoms with E-state index in [2.05, 4.69) is 19.9 Å². The molecule has 3 fully saturated rings. The number of allylic oxidation sites excluding steroid dienone is 2. The predicted octanol–water partition coefficient (Wildman–Crippen LogP) is 4.45. The molecule has 0 spiro atoms. The molecule has 132 valence electrons. The second-order valence-corrected chi connectivity index (χ2v) is 9.14. The highest BCUT2D eigenvalue weighted by Gasteiger charge is 2.59. The second kappa shape index (κ2) is 5.44. The minimum absolute atomic E-state index is 0.0899. The molecule has 6 unspecified atom stereocenters. The van der Waals surface area contributed by atoms with E-state index >= 15 is 0 Å². The number of fused-ring (bicyclic) bond motifs is 5. The molecule has 24 heavy (non-hydrogen) atoms. The third-order valence-electron chi connectivity index (χ3n) is 8.09. The van der Waals surface area contributed by atoms with Gasteiger partial charge in [-0.3, -0.25) is 9.59 Å². The van der Waals surface area contributed by atoms with Crippen molar-refractivity contribution in [3.63, 3.8) is 0 Å². The van der Waals surface area contributed by atoms with Crippen LogP contribution >= 0.6 is 0 Å². The molecule has 0 amide bonds. The molecule has 0 aromatic carbocycles. The molecular weight excluding hydrogens is 300 g/mol. The Bertz CT molecular complexity index is 606. The second-order valence-electron chi connectivity index (χ2n) is 9.14. The van der Waals surface area contributed by atoms with E-state index in [1.165, 1.54) is 26.2 Å². The lowest BCUT2D eigenvalue weighted by Crippen LogP contribution is -2.51. The first-order valence-electron chi connectivity index (χ1n) is 9.77. The number of hydrogen-bond donors (Lipinski definition) is 0. The van der Waals surface area contributed by atoms with Gasteiger partial charge in [0.05, 0.1) is 0 Å². The molecule has 0 radical (unpaired) electrons. The lowest BCUT2D eigenvalue weighted by Gasteiger charge is -2.56.